The largest absolute Gasteiger partial charge is 0.396 e. The zero-order valence-electron chi connectivity index (χ0n) is 9.22. The Morgan fingerprint density at radius 2 is 1.88 bits per heavy atom. The van der Waals surface area contributed by atoms with E-state index < -0.39 is 9.84 Å². The fraction of sp³-hybridized carbons (Fsp3) is 0.455. The van der Waals surface area contributed by atoms with Gasteiger partial charge in [0, 0.05) is 13.7 Å². The van der Waals surface area contributed by atoms with Gasteiger partial charge in [-0.1, -0.05) is 12.1 Å². The molecule has 0 aromatic heterocycles. The third kappa shape index (κ3) is 3.59. The summed E-state index contributed by atoms with van der Waals surface area (Å²) < 4.78 is 28.4. The average Bonchev–Trinajstić information content (AvgIpc) is 2.28. The Morgan fingerprint density at radius 1 is 1.25 bits per heavy atom. The van der Waals surface area contributed by atoms with Crippen molar-refractivity contribution < 1.29 is 18.3 Å². The Hall–Kier alpha value is -0.910. The summed E-state index contributed by atoms with van der Waals surface area (Å²) >= 11 is 0. The molecule has 0 spiro atoms. The van der Waals surface area contributed by atoms with Crippen molar-refractivity contribution in [2.75, 3.05) is 19.5 Å². The van der Waals surface area contributed by atoms with Crippen LogP contribution in [0.2, 0.25) is 0 Å². The molecule has 0 saturated carbocycles. The Labute approximate surface area is 95.8 Å². The van der Waals surface area contributed by atoms with Crippen LogP contribution in [0.15, 0.2) is 29.2 Å². The number of aliphatic hydroxyl groups excluding tert-OH is 1. The molecule has 0 aliphatic heterocycles. The number of hydrogen-bond donors (Lipinski definition) is 1. The summed E-state index contributed by atoms with van der Waals surface area (Å²) in [6, 6.07) is 6.60. The molecule has 5 heteroatoms. The summed E-state index contributed by atoms with van der Waals surface area (Å²) in [5, 5.41) is 8.61. The van der Waals surface area contributed by atoms with Crippen LogP contribution in [0.3, 0.4) is 0 Å². The van der Waals surface area contributed by atoms with Crippen molar-refractivity contribution in [3.63, 3.8) is 0 Å². The summed E-state index contributed by atoms with van der Waals surface area (Å²) in [7, 11) is -1.67. The highest BCUT2D eigenvalue weighted by Crippen LogP contribution is 2.13. The van der Waals surface area contributed by atoms with Crippen LogP contribution in [-0.4, -0.2) is 33.0 Å². The van der Waals surface area contributed by atoms with E-state index in [0.29, 0.717) is 11.5 Å². The van der Waals surface area contributed by atoms with Gasteiger partial charge in [0.05, 0.1) is 17.3 Å². The molecule has 0 bridgehead atoms. The van der Waals surface area contributed by atoms with Gasteiger partial charge in [-0.2, -0.15) is 0 Å². The lowest BCUT2D eigenvalue weighted by Gasteiger charge is -2.04. The lowest BCUT2D eigenvalue weighted by Crippen LogP contribution is -2.08. The Kier molecular flexibility index (Phi) is 4.92. The summed E-state index contributed by atoms with van der Waals surface area (Å²) in [4.78, 5) is 0.292. The molecule has 0 aliphatic rings. The molecule has 1 N–H and O–H groups in total. The maximum Gasteiger partial charge on any atom is 0.178 e. The summed E-state index contributed by atoms with van der Waals surface area (Å²) in [6.45, 7) is 0.359. The fourth-order valence-electron chi connectivity index (χ4n) is 1.33. The molecular weight excluding hydrogens is 228 g/mol. The van der Waals surface area contributed by atoms with Gasteiger partial charge in [-0.25, -0.2) is 8.42 Å². The first-order valence-electron chi connectivity index (χ1n) is 5.01. The second-order valence-corrected chi connectivity index (χ2v) is 5.58. The SMILES string of the molecule is COCc1ccc(S(=O)(=O)CCCO)cc1. The maximum atomic E-state index is 11.7. The molecule has 0 saturated heterocycles. The topological polar surface area (TPSA) is 63.6 Å². The zero-order chi connectivity index (χ0) is 12.0. The van der Waals surface area contributed by atoms with Gasteiger partial charge in [0.25, 0.3) is 0 Å². The van der Waals surface area contributed by atoms with Gasteiger partial charge in [-0.3, -0.25) is 0 Å². The van der Waals surface area contributed by atoms with E-state index in [4.69, 9.17) is 9.84 Å². The van der Waals surface area contributed by atoms with Gasteiger partial charge in [-0.15, -0.1) is 0 Å². The molecule has 16 heavy (non-hydrogen) atoms. The number of methoxy groups -OCH3 is 1. The first-order chi connectivity index (χ1) is 7.60. The lowest BCUT2D eigenvalue weighted by atomic mass is 10.2. The van der Waals surface area contributed by atoms with Gasteiger partial charge < -0.3 is 9.84 Å². The molecule has 90 valence electrons. The van der Waals surface area contributed by atoms with Crippen molar-refractivity contribution in [2.45, 2.75) is 17.9 Å². The van der Waals surface area contributed by atoms with Crippen LogP contribution >= 0.6 is 0 Å². The van der Waals surface area contributed by atoms with Crippen molar-refractivity contribution in [1.82, 2.24) is 0 Å². The van der Waals surface area contributed by atoms with E-state index in [1.807, 2.05) is 0 Å². The maximum absolute atomic E-state index is 11.7. The minimum absolute atomic E-state index is 0.0207. The van der Waals surface area contributed by atoms with Gasteiger partial charge >= 0.3 is 0 Å². The third-order valence-electron chi connectivity index (χ3n) is 2.16. The molecule has 0 fully saturated rings. The number of hydrogen-bond acceptors (Lipinski definition) is 4. The Morgan fingerprint density at radius 3 is 2.38 bits per heavy atom. The highest BCUT2D eigenvalue weighted by atomic mass is 32.2. The predicted octanol–water partition coefficient (Wildman–Crippen LogP) is 0.989. The standard InChI is InChI=1S/C11H16O4S/c1-15-9-10-3-5-11(6-4-10)16(13,14)8-2-7-12/h3-6,12H,2,7-9H2,1H3. The number of benzene rings is 1. The second kappa shape index (κ2) is 5.98. The van der Waals surface area contributed by atoms with E-state index in [1.165, 1.54) is 0 Å². The molecule has 0 unspecified atom stereocenters. The minimum Gasteiger partial charge on any atom is -0.396 e. The molecule has 1 aromatic carbocycles. The van der Waals surface area contributed by atoms with Crippen LogP contribution in [0.4, 0.5) is 0 Å². The minimum atomic E-state index is -3.25. The van der Waals surface area contributed by atoms with E-state index in [-0.39, 0.29) is 18.8 Å². The highest BCUT2D eigenvalue weighted by Gasteiger charge is 2.13. The molecule has 0 atom stereocenters. The number of sulfone groups is 1. The number of ether oxygens (including phenoxy) is 1. The first kappa shape index (κ1) is 13.2. The predicted molar refractivity (Wildman–Crippen MR) is 60.9 cm³/mol. The third-order valence-corrected chi connectivity index (χ3v) is 3.98. The number of aliphatic hydroxyl groups is 1. The van der Waals surface area contributed by atoms with E-state index in [2.05, 4.69) is 0 Å². The highest BCUT2D eigenvalue weighted by molar-refractivity contribution is 7.91. The quantitative estimate of drug-likeness (QED) is 0.810. The normalized spacial score (nSPS) is 11.6. The molecule has 0 heterocycles. The van der Waals surface area contributed by atoms with Crippen LogP contribution in [0, 0.1) is 0 Å². The molecule has 0 radical (unpaired) electrons. The van der Waals surface area contributed by atoms with Crippen molar-refractivity contribution in [2.24, 2.45) is 0 Å². The molecular formula is C11H16O4S. The average molecular weight is 244 g/mol. The van der Waals surface area contributed by atoms with Crippen LogP contribution in [0.1, 0.15) is 12.0 Å². The van der Waals surface area contributed by atoms with Crippen LogP contribution in [-0.2, 0) is 21.2 Å². The molecule has 1 rings (SSSR count). The van der Waals surface area contributed by atoms with E-state index in [0.717, 1.165) is 5.56 Å². The smallest absolute Gasteiger partial charge is 0.178 e. The Balaban J connectivity index is 2.80. The van der Waals surface area contributed by atoms with Gasteiger partial charge in [0.1, 0.15) is 0 Å². The van der Waals surface area contributed by atoms with Crippen molar-refractivity contribution >= 4 is 9.84 Å². The summed E-state index contributed by atoms with van der Waals surface area (Å²) in [5.74, 6) is -0.0207. The monoisotopic (exact) mass is 244 g/mol. The summed E-state index contributed by atoms with van der Waals surface area (Å²) in [5.41, 5.74) is 0.934. The van der Waals surface area contributed by atoms with E-state index in [1.54, 1.807) is 31.4 Å². The zero-order valence-corrected chi connectivity index (χ0v) is 10.0. The molecule has 1 aromatic rings. The first-order valence-corrected chi connectivity index (χ1v) is 6.67. The molecule has 0 amide bonds. The van der Waals surface area contributed by atoms with Crippen LogP contribution < -0.4 is 0 Å². The van der Waals surface area contributed by atoms with E-state index in [9.17, 15) is 8.42 Å². The molecule has 0 aliphatic carbocycles. The van der Waals surface area contributed by atoms with Crippen LogP contribution in [0.5, 0.6) is 0 Å². The van der Waals surface area contributed by atoms with Crippen molar-refractivity contribution in [1.29, 1.82) is 0 Å². The van der Waals surface area contributed by atoms with Crippen LogP contribution in [0.25, 0.3) is 0 Å². The van der Waals surface area contributed by atoms with Gasteiger partial charge in [-0.05, 0) is 24.1 Å². The molecule has 4 nitrogen and oxygen atoms in total. The summed E-state index contributed by atoms with van der Waals surface area (Å²) in [6.07, 6.45) is 0.266. The van der Waals surface area contributed by atoms with E-state index >= 15 is 0 Å². The fourth-order valence-corrected chi connectivity index (χ4v) is 2.63. The number of rotatable bonds is 6. The van der Waals surface area contributed by atoms with Gasteiger partial charge in [0.2, 0.25) is 0 Å². The van der Waals surface area contributed by atoms with Crippen molar-refractivity contribution in [3.05, 3.63) is 29.8 Å². The van der Waals surface area contributed by atoms with Gasteiger partial charge in [0.15, 0.2) is 9.84 Å². The Bertz CT molecular complexity index is 408. The van der Waals surface area contributed by atoms with Crippen molar-refractivity contribution in [3.8, 4) is 0 Å². The lowest BCUT2D eigenvalue weighted by molar-refractivity contribution is 0.185. The second-order valence-electron chi connectivity index (χ2n) is 3.47.